The molecule has 0 bridgehead atoms. The molecule has 1 N–H and O–H groups in total. The molecule has 0 saturated heterocycles. The van der Waals surface area contributed by atoms with Crippen LogP contribution in [0.1, 0.15) is 53.0 Å². The van der Waals surface area contributed by atoms with Crippen molar-refractivity contribution in [2.45, 2.75) is 57.8 Å². The van der Waals surface area contributed by atoms with Gasteiger partial charge in [-0.1, -0.05) is 46.8 Å². The maximum atomic E-state index is 11.1. The maximum absolute atomic E-state index is 11.1. The van der Waals surface area contributed by atoms with Crippen LogP contribution in [0.3, 0.4) is 0 Å². The highest BCUT2D eigenvalue weighted by Gasteiger charge is 2.28. The van der Waals surface area contributed by atoms with Crippen molar-refractivity contribution in [3.05, 3.63) is 29.8 Å². The van der Waals surface area contributed by atoms with Crippen molar-refractivity contribution in [2.24, 2.45) is 11.8 Å². The maximum Gasteiger partial charge on any atom is 0.294 e. The van der Waals surface area contributed by atoms with Crippen molar-refractivity contribution < 1.29 is 13.0 Å². The third-order valence-electron chi connectivity index (χ3n) is 3.57. The van der Waals surface area contributed by atoms with E-state index in [4.69, 9.17) is 4.55 Å². The van der Waals surface area contributed by atoms with E-state index in [1.54, 1.807) is 0 Å². The summed E-state index contributed by atoms with van der Waals surface area (Å²) in [5.41, 5.74) is 1.16. The zero-order valence-corrected chi connectivity index (χ0v) is 13.9. The van der Waals surface area contributed by atoms with Crippen LogP contribution in [0, 0.1) is 11.8 Å². The minimum Gasteiger partial charge on any atom is -0.282 e. The predicted octanol–water partition coefficient (Wildman–Crippen LogP) is 4.28. The SMILES string of the molecule is CC(C)CC(C)(CC(C)C)c1ccc(S(=O)(=O)O)cc1. The van der Waals surface area contributed by atoms with E-state index in [1.807, 2.05) is 12.1 Å². The second-order valence-corrected chi connectivity index (χ2v) is 8.18. The molecule has 0 saturated carbocycles. The van der Waals surface area contributed by atoms with Gasteiger partial charge in [0.15, 0.2) is 0 Å². The zero-order chi connectivity index (χ0) is 15.6. The smallest absolute Gasteiger partial charge is 0.282 e. The molecule has 0 radical (unpaired) electrons. The first-order valence-electron chi connectivity index (χ1n) is 7.12. The van der Waals surface area contributed by atoms with Crippen LogP contribution in [-0.4, -0.2) is 13.0 Å². The summed E-state index contributed by atoms with van der Waals surface area (Å²) in [5, 5.41) is 0. The first kappa shape index (κ1) is 17.2. The summed E-state index contributed by atoms with van der Waals surface area (Å²) in [6, 6.07) is 6.63. The van der Waals surface area contributed by atoms with Gasteiger partial charge in [-0.3, -0.25) is 4.55 Å². The molecule has 0 spiro atoms. The zero-order valence-electron chi connectivity index (χ0n) is 13.1. The average molecular weight is 298 g/mol. The number of hydrogen-bond acceptors (Lipinski definition) is 2. The largest absolute Gasteiger partial charge is 0.294 e. The quantitative estimate of drug-likeness (QED) is 0.797. The number of benzene rings is 1. The number of hydrogen-bond donors (Lipinski definition) is 1. The second-order valence-electron chi connectivity index (χ2n) is 6.76. The lowest BCUT2D eigenvalue weighted by Gasteiger charge is -2.34. The van der Waals surface area contributed by atoms with Gasteiger partial charge >= 0.3 is 0 Å². The van der Waals surface area contributed by atoms with Gasteiger partial charge in [0.05, 0.1) is 4.90 Å². The Hall–Kier alpha value is -0.870. The molecule has 1 aromatic carbocycles. The van der Waals surface area contributed by atoms with Crippen LogP contribution in [-0.2, 0) is 15.5 Å². The Bertz CT molecular complexity index is 517. The lowest BCUT2D eigenvalue weighted by molar-refractivity contribution is 0.305. The van der Waals surface area contributed by atoms with E-state index in [9.17, 15) is 8.42 Å². The molecular weight excluding hydrogens is 272 g/mol. The molecule has 1 rings (SSSR count). The first-order valence-corrected chi connectivity index (χ1v) is 8.56. The summed E-state index contributed by atoms with van der Waals surface area (Å²) in [6.07, 6.45) is 2.10. The van der Waals surface area contributed by atoms with Gasteiger partial charge in [0.1, 0.15) is 0 Å². The van der Waals surface area contributed by atoms with Gasteiger partial charge in [-0.15, -0.1) is 0 Å². The molecule has 0 aliphatic carbocycles. The fourth-order valence-electron chi connectivity index (χ4n) is 3.15. The Kier molecular flexibility index (Phi) is 5.39. The van der Waals surface area contributed by atoms with Crippen LogP contribution in [0.2, 0.25) is 0 Å². The highest BCUT2D eigenvalue weighted by Crippen LogP contribution is 2.37. The lowest BCUT2D eigenvalue weighted by atomic mass is 9.71. The van der Waals surface area contributed by atoms with Crippen molar-refractivity contribution in [1.29, 1.82) is 0 Å². The van der Waals surface area contributed by atoms with Gasteiger partial charge in [-0.25, -0.2) is 0 Å². The molecule has 0 aliphatic rings. The van der Waals surface area contributed by atoms with Gasteiger partial charge in [-0.2, -0.15) is 8.42 Å². The molecule has 114 valence electrons. The summed E-state index contributed by atoms with van der Waals surface area (Å²) in [7, 11) is -4.11. The van der Waals surface area contributed by atoms with E-state index in [-0.39, 0.29) is 10.3 Å². The van der Waals surface area contributed by atoms with Crippen LogP contribution in [0.4, 0.5) is 0 Å². The fourth-order valence-corrected chi connectivity index (χ4v) is 3.63. The van der Waals surface area contributed by atoms with E-state index in [1.165, 1.54) is 12.1 Å². The van der Waals surface area contributed by atoms with E-state index < -0.39 is 10.1 Å². The van der Waals surface area contributed by atoms with E-state index in [0.717, 1.165) is 18.4 Å². The standard InChI is InChI=1S/C16H26O3S/c1-12(2)10-16(5,11-13(3)4)14-6-8-15(9-7-14)20(17,18)19/h6-9,12-13H,10-11H2,1-5H3,(H,17,18,19). The van der Waals surface area contributed by atoms with Crippen LogP contribution < -0.4 is 0 Å². The summed E-state index contributed by atoms with van der Waals surface area (Å²) in [4.78, 5) is -0.0438. The minimum atomic E-state index is -4.11. The molecule has 0 amide bonds. The summed E-state index contributed by atoms with van der Waals surface area (Å²) >= 11 is 0. The van der Waals surface area contributed by atoms with Gasteiger partial charge in [-0.05, 0) is 47.8 Å². The van der Waals surface area contributed by atoms with Crippen LogP contribution in [0.5, 0.6) is 0 Å². The molecule has 0 heterocycles. The van der Waals surface area contributed by atoms with Crippen molar-refractivity contribution in [3.63, 3.8) is 0 Å². The van der Waals surface area contributed by atoms with Gasteiger partial charge in [0.2, 0.25) is 0 Å². The molecule has 1 aromatic rings. The van der Waals surface area contributed by atoms with E-state index in [0.29, 0.717) is 11.8 Å². The van der Waals surface area contributed by atoms with Gasteiger partial charge in [0.25, 0.3) is 10.1 Å². The summed E-state index contributed by atoms with van der Waals surface area (Å²) in [5.74, 6) is 1.14. The van der Waals surface area contributed by atoms with E-state index in [2.05, 4.69) is 34.6 Å². The molecule has 0 fully saturated rings. The summed E-state index contributed by atoms with van der Waals surface area (Å²) in [6.45, 7) is 11.0. The third kappa shape index (κ3) is 4.60. The van der Waals surface area contributed by atoms with Crippen LogP contribution in [0.25, 0.3) is 0 Å². The molecule has 4 heteroatoms. The molecule has 3 nitrogen and oxygen atoms in total. The average Bonchev–Trinajstić information content (AvgIpc) is 2.25. The molecule has 0 unspecified atom stereocenters. The molecular formula is C16H26O3S. The molecule has 0 atom stereocenters. The fraction of sp³-hybridized carbons (Fsp3) is 0.625. The normalized spacial score (nSPS) is 13.2. The third-order valence-corrected chi connectivity index (χ3v) is 4.43. The van der Waals surface area contributed by atoms with E-state index >= 15 is 0 Å². The second kappa shape index (κ2) is 6.27. The Balaban J connectivity index is 3.15. The van der Waals surface area contributed by atoms with Crippen molar-refractivity contribution in [2.75, 3.05) is 0 Å². The van der Waals surface area contributed by atoms with Gasteiger partial charge < -0.3 is 0 Å². The Morgan fingerprint density at radius 1 is 1.00 bits per heavy atom. The molecule has 0 aromatic heterocycles. The Labute approximate surface area is 123 Å². The highest BCUT2D eigenvalue weighted by atomic mass is 32.2. The van der Waals surface area contributed by atoms with Gasteiger partial charge in [0, 0.05) is 0 Å². The van der Waals surface area contributed by atoms with Crippen LogP contribution in [0.15, 0.2) is 29.2 Å². The predicted molar refractivity (Wildman–Crippen MR) is 82.5 cm³/mol. The van der Waals surface area contributed by atoms with Crippen molar-refractivity contribution in [1.82, 2.24) is 0 Å². The molecule has 0 aliphatic heterocycles. The first-order chi connectivity index (χ1) is 9.04. The van der Waals surface area contributed by atoms with Crippen LogP contribution >= 0.6 is 0 Å². The minimum absolute atomic E-state index is 0.0279. The highest BCUT2D eigenvalue weighted by molar-refractivity contribution is 7.85. The number of rotatable bonds is 6. The van der Waals surface area contributed by atoms with Crippen molar-refractivity contribution >= 4 is 10.1 Å². The molecule has 20 heavy (non-hydrogen) atoms. The lowest BCUT2D eigenvalue weighted by Crippen LogP contribution is -2.26. The van der Waals surface area contributed by atoms with Crippen molar-refractivity contribution in [3.8, 4) is 0 Å². The monoisotopic (exact) mass is 298 g/mol. The Morgan fingerprint density at radius 3 is 1.70 bits per heavy atom. The Morgan fingerprint density at radius 2 is 1.40 bits per heavy atom. The topological polar surface area (TPSA) is 54.4 Å². The summed E-state index contributed by atoms with van der Waals surface area (Å²) < 4.78 is 31.3.